The summed E-state index contributed by atoms with van der Waals surface area (Å²) in [5, 5.41) is 13.4. The van der Waals surface area contributed by atoms with Crippen LogP contribution in [0.25, 0.3) is 0 Å². The number of unbranched alkanes of at least 4 members (excludes halogenated alkanes) is 1. The zero-order chi connectivity index (χ0) is 21.1. The molecule has 2 aliphatic rings. The maximum Gasteiger partial charge on any atom is 0.272 e. The average molecular weight is 464 g/mol. The van der Waals surface area contributed by atoms with Gasteiger partial charge in [-0.1, -0.05) is 48.5 Å². The fourth-order valence-electron chi connectivity index (χ4n) is 3.81. The summed E-state index contributed by atoms with van der Waals surface area (Å²) >= 11 is 3.45. The molecule has 1 aromatic carbocycles. The number of benzodiazepines with no additional fused rings is 1. The van der Waals surface area contributed by atoms with Gasteiger partial charge in [0.15, 0.2) is 0 Å². The Morgan fingerprint density at radius 2 is 2.14 bits per heavy atom. The van der Waals surface area contributed by atoms with Gasteiger partial charge in [-0.15, -0.1) is 0 Å². The molecule has 3 unspecified atom stereocenters. The first-order valence-corrected chi connectivity index (χ1v) is 11.2. The van der Waals surface area contributed by atoms with Crippen molar-refractivity contribution in [3.63, 3.8) is 0 Å². The van der Waals surface area contributed by atoms with Crippen LogP contribution in [0.15, 0.2) is 27.7 Å². The Labute approximate surface area is 180 Å². The number of aliphatic hydroxyl groups is 1. The number of anilines is 1. The Kier molecular flexibility index (Phi) is 7.11. The second kappa shape index (κ2) is 9.39. The zero-order valence-electron chi connectivity index (χ0n) is 17.3. The molecule has 1 saturated carbocycles. The molecule has 1 aromatic rings. The second-order valence-electron chi connectivity index (χ2n) is 8.18. The summed E-state index contributed by atoms with van der Waals surface area (Å²) in [6, 6.07) is 5.70. The maximum atomic E-state index is 13.1. The van der Waals surface area contributed by atoms with E-state index in [2.05, 4.69) is 33.2 Å². The first-order chi connectivity index (χ1) is 13.8. The molecule has 158 valence electrons. The highest BCUT2D eigenvalue weighted by molar-refractivity contribution is 9.10. The molecule has 1 aliphatic heterocycles. The number of halogens is 1. The molecule has 0 spiro atoms. The summed E-state index contributed by atoms with van der Waals surface area (Å²) in [7, 11) is 1.69. The lowest BCUT2D eigenvalue weighted by atomic mass is 9.91. The molecule has 0 radical (unpaired) electrons. The van der Waals surface area contributed by atoms with Gasteiger partial charge in [0.05, 0.1) is 17.7 Å². The number of nitrogens with one attached hydrogen (secondary N) is 1. The second-order valence-corrected chi connectivity index (χ2v) is 9.10. The van der Waals surface area contributed by atoms with E-state index >= 15 is 0 Å². The smallest absolute Gasteiger partial charge is 0.272 e. The highest BCUT2D eigenvalue weighted by Gasteiger charge is 2.36. The van der Waals surface area contributed by atoms with Crippen molar-refractivity contribution < 1.29 is 14.7 Å². The van der Waals surface area contributed by atoms with Crippen LogP contribution < -0.4 is 10.2 Å². The van der Waals surface area contributed by atoms with Crippen molar-refractivity contribution in [2.45, 2.75) is 64.6 Å². The van der Waals surface area contributed by atoms with E-state index in [9.17, 15) is 14.7 Å². The van der Waals surface area contributed by atoms with E-state index in [1.54, 1.807) is 7.05 Å². The topological polar surface area (TPSA) is 82.0 Å². The SMILES string of the molecule is CCCCC(O)C(CC1CC1)C(=O)NC1N=C(C)c2ccc(Br)cc2N(C)C1=O. The van der Waals surface area contributed by atoms with Crippen molar-refractivity contribution >= 4 is 39.1 Å². The highest BCUT2D eigenvalue weighted by Crippen LogP contribution is 2.37. The van der Waals surface area contributed by atoms with Crippen molar-refractivity contribution in [2.24, 2.45) is 16.8 Å². The van der Waals surface area contributed by atoms with Crippen LogP contribution >= 0.6 is 15.9 Å². The van der Waals surface area contributed by atoms with Crippen LogP contribution in [-0.4, -0.2) is 41.9 Å². The number of hydrogen-bond donors (Lipinski definition) is 2. The number of rotatable bonds is 8. The average Bonchev–Trinajstić information content (AvgIpc) is 3.52. The summed E-state index contributed by atoms with van der Waals surface area (Å²) in [5.74, 6) is -0.567. The molecule has 7 heteroatoms. The molecule has 0 aromatic heterocycles. The van der Waals surface area contributed by atoms with Crippen molar-refractivity contribution in [3.8, 4) is 0 Å². The van der Waals surface area contributed by atoms with E-state index in [1.165, 1.54) is 4.90 Å². The monoisotopic (exact) mass is 463 g/mol. The summed E-state index contributed by atoms with van der Waals surface area (Å²) < 4.78 is 0.870. The number of hydrogen-bond acceptors (Lipinski definition) is 4. The zero-order valence-corrected chi connectivity index (χ0v) is 18.9. The van der Waals surface area contributed by atoms with Gasteiger partial charge in [0.1, 0.15) is 0 Å². The Morgan fingerprint density at radius 1 is 1.41 bits per heavy atom. The third-order valence-corrected chi connectivity index (χ3v) is 6.31. The van der Waals surface area contributed by atoms with E-state index in [1.807, 2.05) is 25.1 Å². The first-order valence-electron chi connectivity index (χ1n) is 10.4. The number of nitrogens with zero attached hydrogens (tertiary/aromatic N) is 2. The lowest BCUT2D eigenvalue weighted by Crippen LogP contribution is -2.49. The fourth-order valence-corrected chi connectivity index (χ4v) is 4.16. The van der Waals surface area contributed by atoms with Gasteiger partial charge < -0.3 is 15.3 Å². The highest BCUT2D eigenvalue weighted by atomic mass is 79.9. The molecule has 1 aliphatic carbocycles. The van der Waals surface area contributed by atoms with Gasteiger partial charge in [0.25, 0.3) is 5.91 Å². The summed E-state index contributed by atoms with van der Waals surface area (Å²) in [6.07, 6.45) is 3.66. The largest absolute Gasteiger partial charge is 0.392 e. The molecule has 29 heavy (non-hydrogen) atoms. The number of carbonyl (C=O) groups excluding carboxylic acids is 2. The van der Waals surface area contributed by atoms with Crippen LogP contribution in [0, 0.1) is 11.8 Å². The van der Waals surface area contributed by atoms with E-state index < -0.39 is 18.2 Å². The van der Waals surface area contributed by atoms with Gasteiger partial charge >= 0.3 is 0 Å². The van der Waals surface area contributed by atoms with E-state index in [0.29, 0.717) is 24.5 Å². The van der Waals surface area contributed by atoms with Crippen LogP contribution in [0.2, 0.25) is 0 Å². The Balaban J connectivity index is 1.79. The number of likely N-dealkylation sites (N-methyl/N-ethyl adjacent to an activating group) is 1. The van der Waals surface area contributed by atoms with Crippen LogP contribution in [0.5, 0.6) is 0 Å². The number of aliphatic hydroxyl groups excluding tert-OH is 1. The molecule has 0 bridgehead atoms. The molecule has 1 heterocycles. The van der Waals surface area contributed by atoms with Crippen molar-refractivity contribution in [3.05, 3.63) is 28.2 Å². The number of fused-ring (bicyclic) bond motifs is 1. The Morgan fingerprint density at radius 3 is 2.79 bits per heavy atom. The van der Waals surface area contributed by atoms with Crippen molar-refractivity contribution in [1.29, 1.82) is 0 Å². The molecule has 3 rings (SSSR count). The lowest BCUT2D eigenvalue weighted by Gasteiger charge is -2.25. The van der Waals surface area contributed by atoms with Gasteiger partial charge in [-0.2, -0.15) is 0 Å². The fraction of sp³-hybridized carbons (Fsp3) is 0.591. The predicted molar refractivity (Wildman–Crippen MR) is 118 cm³/mol. The summed E-state index contributed by atoms with van der Waals surface area (Å²) in [4.78, 5) is 32.1. The molecular formula is C22H30BrN3O3. The Hall–Kier alpha value is -1.73. The Bertz CT molecular complexity index is 806. The number of amides is 2. The molecule has 2 N–H and O–H groups in total. The molecular weight excluding hydrogens is 434 g/mol. The minimum Gasteiger partial charge on any atom is -0.392 e. The standard InChI is InChI=1S/C22H30BrN3O3/c1-4-5-6-19(27)17(11-14-7-8-14)21(28)25-20-22(29)26(3)18-12-15(23)9-10-16(18)13(2)24-20/h9-10,12,14,17,19-20,27H,4-8,11H2,1-3H3,(H,25,28). The van der Waals surface area contributed by atoms with Crippen molar-refractivity contribution in [1.82, 2.24) is 5.32 Å². The van der Waals surface area contributed by atoms with E-state index in [4.69, 9.17) is 0 Å². The number of benzene rings is 1. The van der Waals surface area contributed by atoms with Gasteiger partial charge in [-0.3, -0.25) is 14.6 Å². The maximum absolute atomic E-state index is 13.1. The quantitative estimate of drug-likeness (QED) is 0.617. The predicted octanol–water partition coefficient (Wildman–Crippen LogP) is 3.64. The summed E-state index contributed by atoms with van der Waals surface area (Å²) in [5.41, 5.74) is 2.30. The molecule has 3 atom stereocenters. The van der Waals surface area contributed by atoms with Crippen LogP contribution in [0.4, 0.5) is 5.69 Å². The van der Waals surface area contributed by atoms with Gasteiger partial charge in [0, 0.05) is 22.8 Å². The minimum atomic E-state index is -0.987. The lowest BCUT2D eigenvalue weighted by molar-refractivity contribution is -0.133. The third-order valence-electron chi connectivity index (χ3n) is 5.82. The van der Waals surface area contributed by atoms with Gasteiger partial charge in [0.2, 0.25) is 12.1 Å². The number of aliphatic imine (C=N–C) groups is 1. The molecule has 1 fully saturated rings. The van der Waals surface area contributed by atoms with Crippen LogP contribution in [0.1, 0.15) is 57.9 Å². The van der Waals surface area contributed by atoms with Crippen LogP contribution in [-0.2, 0) is 9.59 Å². The normalized spacial score (nSPS) is 21.1. The third kappa shape index (κ3) is 5.25. The van der Waals surface area contributed by atoms with Gasteiger partial charge in [-0.25, -0.2) is 0 Å². The van der Waals surface area contributed by atoms with E-state index in [-0.39, 0.29) is 11.8 Å². The minimum absolute atomic E-state index is 0.282. The van der Waals surface area contributed by atoms with E-state index in [0.717, 1.165) is 41.4 Å². The molecule has 0 saturated heterocycles. The molecule has 2 amide bonds. The van der Waals surface area contributed by atoms with Gasteiger partial charge in [-0.05, 0) is 43.9 Å². The summed E-state index contributed by atoms with van der Waals surface area (Å²) in [6.45, 7) is 3.91. The molecule has 6 nitrogen and oxygen atoms in total. The first kappa shape index (κ1) is 22.0. The van der Waals surface area contributed by atoms with Crippen LogP contribution in [0.3, 0.4) is 0 Å². The number of carbonyl (C=O) groups is 2. The van der Waals surface area contributed by atoms with Crippen molar-refractivity contribution in [2.75, 3.05) is 11.9 Å².